The number of benzene rings is 1. The Morgan fingerprint density at radius 2 is 1.64 bits per heavy atom. The Morgan fingerprint density at radius 3 is 2.00 bits per heavy atom. The summed E-state index contributed by atoms with van der Waals surface area (Å²) < 4.78 is 0. The Kier molecular flexibility index (Phi) is 2.70. The zero-order chi connectivity index (χ0) is 8.27. The summed E-state index contributed by atoms with van der Waals surface area (Å²) >= 11 is 0. The van der Waals surface area contributed by atoms with Crippen molar-refractivity contribution in [1.29, 1.82) is 0 Å². The fraction of sp³-hybridized carbons (Fsp3) is 0. The third-order valence-electron chi connectivity index (χ3n) is 1.38. The van der Waals surface area contributed by atoms with Crippen LogP contribution in [0.4, 0.5) is 0 Å². The Labute approximate surface area is 65.7 Å². The van der Waals surface area contributed by atoms with Crippen LogP contribution >= 0.6 is 0 Å². The summed E-state index contributed by atoms with van der Waals surface area (Å²) in [6.45, 7) is 0. The molecule has 0 aliphatic heterocycles. The van der Waals surface area contributed by atoms with Gasteiger partial charge in [0.05, 0.1) is 0 Å². The Morgan fingerprint density at radius 1 is 1.09 bits per heavy atom. The lowest BCUT2D eigenvalue weighted by atomic mass is 9.77. The van der Waals surface area contributed by atoms with Crippen LogP contribution in [0.15, 0.2) is 24.3 Å². The second-order valence-corrected chi connectivity index (χ2v) is 2.17. The van der Waals surface area contributed by atoms with Gasteiger partial charge in [0, 0.05) is 0 Å². The second kappa shape index (κ2) is 3.57. The van der Waals surface area contributed by atoms with Crippen molar-refractivity contribution < 1.29 is 15.1 Å². The van der Waals surface area contributed by atoms with Crippen molar-refractivity contribution in [2.24, 2.45) is 0 Å². The summed E-state index contributed by atoms with van der Waals surface area (Å²) in [5, 5.41) is 25.9. The second-order valence-electron chi connectivity index (χ2n) is 2.17. The van der Waals surface area contributed by atoms with Crippen molar-refractivity contribution in [3.05, 3.63) is 24.3 Å². The molecule has 0 fully saturated rings. The number of hydrogen-bond acceptors (Lipinski definition) is 3. The first-order valence-electron chi connectivity index (χ1n) is 3.17. The van der Waals surface area contributed by atoms with E-state index in [9.17, 15) is 0 Å². The molecule has 0 spiro atoms. The smallest absolute Gasteiger partial charge is 0.450 e. The minimum atomic E-state index is -1.44. The van der Waals surface area contributed by atoms with Crippen molar-refractivity contribution in [2.45, 2.75) is 0 Å². The Hall–Kier alpha value is -0.770. The van der Waals surface area contributed by atoms with Gasteiger partial charge in [-0.25, -0.2) is 0 Å². The first kappa shape index (κ1) is 8.33. The highest BCUT2D eigenvalue weighted by molar-refractivity contribution is 6.58. The van der Waals surface area contributed by atoms with E-state index < -0.39 is 7.12 Å². The van der Waals surface area contributed by atoms with Crippen LogP contribution in [-0.4, -0.2) is 29.7 Å². The van der Waals surface area contributed by atoms with Gasteiger partial charge in [-0.05, 0) is 5.46 Å². The van der Waals surface area contributed by atoms with Crippen molar-refractivity contribution in [2.75, 3.05) is 0 Å². The molecule has 0 saturated carbocycles. The summed E-state index contributed by atoms with van der Waals surface area (Å²) in [6, 6.07) is 6.25. The van der Waals surface area contributed by atoms with Gasteiger partial charge in [0.2, 0.25) is 0 Å². The fourth-order valence-electron chi connectivity index (χ4n) is 0.754. The van der Waals surface area contributed by atoms with E-state index in [1.807, 2.05) is 0 Å². The van der Waals surface area contributed by atoms with Gasteiger partial charge in [0.15, 0.2) is 0 Å². The van der Waals surface area contributed by atoms with Crippen LogP contribution in [-0.2, 0) is 0 Å². The van der Waals surface area contributed by atoms with E-state index in [0.717, 1.165) is 7.48 Å². The minimum absolute atomic E-state index is 0.413. The largest absolute Gasteiger partial charge is 0.488 e. The van der Waals surface area contributed by atoms with Gasteiger partial charge in [-0.15, -0.1) is 0 Å². The molecule has 0 bridgehead atoms. The predicted octanol–water partition coefficient (Wildman–Crippen LogP) is -2.40. The normalized spacial score (nSPS) is 9.36. The highest BCUT2D eigenvalue weighted by Crippen LogP contribution is 1.80. The third-order valence-corrected chi connectivity index (χ3v) is 1.38. The van der Waals surface area contributed by atoms with Crippen molar-refractivity contribution in [3.8, 4) is 0 Å². The van der Waals surface area contributed by atoms with E-state index in [1.54, 1.807) is 12.1 Å². The molecule has 1 radical (unpaired) electrons. The number of hydrogen-bond donors (Lipinski definition) is 3. The van der Waals surface area contributed by atoms with E-state index in [-0.39, 0.29) is 0 Å². The SMILES string of the molecule is O[B]c1ccc(B(O)O)cc1. The molecule has 0 aromatic heterocycles. The Balaban J connectivity index is 2.83. The maximum absolute atomic E-state index is 8.67. The van der Waals surface area contributed by atoms with Gasteiger partial charge in [-0.2, -0.15) is 0 Å². The van der Waals surface area contributed by atoms with Crippen LogP contribution in [0.1, 0.15) is 0 Å². The van der Waals surface area contributed by atoms with Crippen LogP contribution < -0.4 is 10.9 Å². The molecule has 11 heavy (non-hydrogen) atoms. The highest BCUT2D eigenvalue weighted by Gasteiger charge is 2.09. The lowest BCUT2D eigenvalue weighted by Gasteiger charge is -1.98. The molecule has 0 aliphatic rings. The summed E-state index contributed by atoms with van der Waals surface area (Å²) in [5.41, 5.74) is 1.05. The molecule has 55 valence electrons. The first-order chi connectivity index (χ1) is 5.24. The molecule has 0 aliphatic carbocycles. The van der Waals surface area contributed by atoms with E-state index >= 15 is 0 Å². The molecular formula is C6H7B2O3. The van der Waals surface area contributed by atoms with Crippen molar-refractivity contribution in [1.82, 2.24) is 0 Å². The van der Waals surface area contributed by atoms with Crippen LogP contribution in [0.25, 0.3) is 0 Å². The summed E-state index contributed by atoms with van der Waals surface area (Å²) in [4.78, 5) is 0. The maximum atomic E-state index is 8.67. The molecule has 0 unspecified atom stereocenters. The van der Waals surface area contributed by atoms with Crippen LogP contribution in [0.2, 0.25) is 0 Å². The van der Waals surface area contributed by atoms with Crippen molar-refractivity contribution >= 4 is 25.5 Å². The molecule has 0 atom stereocenters. The minimum Gasteiger partial charge on any atom is -0.450 e. The molecule has 5 heteroatoms. The monoisotopic (exact) mass is 149 g/mol. The zero-order valence-electron chi connectivity index (χ0n) is 5.81. The van der Waals surface area contributed by atoms with E-state index in [1.165, 1.54) is 12.1 Å². The molecule has 1 aromatic rings. The average molecular weight is 149 g/mol. The maximum Gasteiger partial charge on any atom is 0.488 e. The zero-order valence-corrected chi connectivity index (χ0v) is 5.81. The molecule has 0 saturated heterocycles. The van der Waals surface area contributed by atoms with E-state index in [0.29, 0.717) is 10.9 Å². The highest BCUT2D eigenvalue weighted by atomic mass is 16.4. The Bertz CT molecular complexity index is 222. The molecular weight excluding hydrogens is 142 g/mol. The quantitative estimate of drug-likeness (QED) is 0.410. The van der Waals surface area contributed by atoms with Crippen LogP contribution in [0.5, 0.6) is 0 Å². The third kappa shape index (κ3) is 2.08. The molecule has 3 nitrogen and oxygen atoms in total. The predicted molar refractivity (Wildman–Crippen MR) is 43.9 cm³/mol. The van der Waals surface area contributed by atoms with Crippen LogP contribution in [0.3, 0.4) is 0 Å². The summed E-state index contributed by atoms with van der Waals surface area (Å²) in [6.07, 6.45) is 0. The van der Waals surface area contributed by atoms with Gasteiger partial charge in [-0.3, -0.25) is 0 Å². The molecule has 0 heterocycles. The van der Waals surface area contributed by atoms with Gasteiger partial charge in [0.1, 0.15) is 0 Å². The average Bonchev–Trinajstić information content (AvgIpc) is 2.05. The molecule has 1 aromatic carbocycles. The summed E-state index contributed by atoms with van der Waals surface area (Å²) in [5.74, 6) is 0. The van der Waals surface area contributed by atoms with Crippen LogP contribution in [0, 0.1) is 0 Å². The van der Waals surface area contributed by atoms with E-state index in [4.69, 9.17) is 15.1 Å². The topological polar surface area (TPSA) is 60.7 Å². The lowest BCUT2D eigenvalue weighted by Crippen LogP contribution is -2.31. The lowest BCUT2D eigenvalue weighted by molar-refractivity contribution is 0.426. The van der Waals surface area contributed by atoms with Crippen molar-refractivity contribution in [3.63, 3.8) is 0 Å². The fourth-order valence-corrected chi connectivity index (χ4v) is 0.754. The van der Waals surface area contributed by atoms with Gasteiger partial charge < -0.3 is 15.1 Å². The standard InChI is InChI=1S/C6H7B2O3/c9-7-5-1-3-6(4-2-5)8(10)11/h1-4,9-11H. The summed E-state index contributed by atoms with van der Waals surface area (Å²) in [7, 11) is -0.490. The first-order valence-corrected chi connectivity index (χ1v) is 3.17. The van der Waals surface area contributed by atoms with E-state index in [2.05, 4.69) is 0 Å². The molecule has 3 N–H and O–H groups in total. The van der Waals surface area contributed by atoms with Gasteiger partial charge in [0.25, 0.3) is 0 Å². The van der Waals surface area contributed by atoms with Gasteiger partial charge in [-0.1, -0.05) is 29.7 Å². The molecule has 0 amide bonds. The van der Waals surface area contributed by atoms with Gasteiger partial charge >= 0.3 is 14.6 Å². The molecule has 1 rings (SSSR count). The number of rotatable bonds is 2.